The van der Waals surface area contributed by atoms with Crippen LogP contribution >= 0.6 is 11.8 Å². The maximum Gasteiger partial charge on any atom is 0.285 e. The first-order chi connectivity index (χ1) is 11.1. The van der Waals surface area contributed by atoms with Crippen LogP contribution < -0.4 is 10.5 Å². The van der Waals surface area contributed by atoms with Crippen LogP contribution in [0.2, 0.25) is 0 Å². The zero-order valence-electron chi connectivity index (χ0n) is 12.0. The summed E-state index contributed by atoms with van der Waals surface area (Å²) in [5.74, 6) is 0.507. The molecule has 7 nitrogen and oxygen atoms in total. The highest BCUT2D eigenvalue weighted by Crippen LogP contribution is 2.34. The van der Waals surface area contributed by atoms with Crippen LogP contribution in [0, 0.1) is 10.1 Å². The third-order valence-electron chi connectivity index (χ3n) is 3.51. The van der Waals surface area contributed by atoms with Crippen molar-refractivity contribution in [3.63, 3.8) is 0 Å². The number of para-hydroxylation sites is 1. The van der Waals surface area contributed by atoms with Gasteiger partial charge in [0.1, 0.15) is 6.54 Å². The number of fused-ring (bicyclic) bond motifs is 1. The second-order valence-electron chi connectivity index (χ2n) is 4.97. The number of benzene rings is 1. The molecule has 1 aromatic heterocycles. The van der Waals surface area contributed by atoms with Gasteiger partial charge in [-0.05, 0) is 12.1 Å². The normalized spacial score (nSPS) is 13.5. The number of pyridine rings is 1. The molecule has 1 aliphatic rings. The molecule has 118 valence electrons. The van der Waals surface area contributed by atoms with E-state index in [1.807, 2.05) is 24.3 Å². The van der Waals surface area contributed by atoms with Crippen LogP contribution in [-0.4, -0.2) is 27.7 Å². The van der Waals surface area contributed by atoms with Crippen LogP contribution in [0.5, 0.6) is 0 Å². The molecule has 0 aliphatic carbocycles. The Bertz CT molecular complexity index is 833. The van der Waals surface area contributed by atoms with Crippen LogP contribution in [0.4, 0.5) is 11.4 Å². The highest BCUT2D eigenvalue weighted by Gasteiger charge is 2.23. The lowest BCUT2D eigenvalue weighted by molar-refractivity contribution is -0.385. The SMILES string of the molecule is O=C(Cn1cc([N+](=O)[O-])ccc1=O)N1CCSc2ccccc21. The van der Waals surface area contributed by atoms with Gasteiger partial charge in [-0.2, -0.15) is 0 Å². The molecule has 0 saturated carbocycles. The summed E-state index contributed by atoms with van der Waals surface area (Å²) in [5.41, 5.74) is 0.155. The number of rotatable bonds is 3. The topological polar surface area (TPSA) is 85.5 Å². The predicted molar refractivity (Wildman–Crippen MR) is 86.9 cm³/mol. The van der Waals surface area contributed by atoms with Gasteiger partial charge in [-0.25, -0.2) is 0 Å². The Labute approximate surface area is 135 Å². The molecule has 0 bridgehead atoms. The second kappa shape index (κ2) is 6.25. The lowest BCUT2D eigenvalue weighted by atomic mass is 10.2. The number of thioether (sulfide) groups is 1. The summed E-state index contributed by atoms with van der Waals surface area (Å²) in [6.45, 7) is 0.323. The fraction of sp³-hybridized carbons (Fsp3) is 0.200. The fourth-order valence-electron chi connectivity index (χ4n) is 2.41. The Morgan fingerprint density at radius 1 is 1.26 bits per heavy atom. The summed E-state index contributed by atoms with van der Waals surface area (Å²) in [6, 6.07) is 9.80. The van der Waals surface area contributed by atoms with Crippen molar-refractivity contribution in [3.8, 4) is 0 Å². The molecule has 0 saturated heterocycles. The standard InChI is InChI=1S/C15H13N3O4S/c19-14-6-5-11(18(21)22)9-16(14)10-15(20)17-7-8-23-13-4-2-1-3-12(13)17/h1-6,9H,7-8,10H2. The molecule has 1 aliphatic heterocycles. The van der Waals surface area contributed by atoms with Crippen LogP contribution in [0.25, 0.3) is 0 Å². The Balaban J connectivity index is 1.87. The van der Waals surface area contributed by atoms with E-state index in [2.05, 4.69) is 0 Å². The van der Waals surface area contributed by atoms with Crippen molar-refractivity contribution in [3.05, 3.63) is 63.1 Å². The van der Waals surface area contributed by atoms with E-state index in [0.29, 0.717) is 6.54 Å². The molecular formula is C15H13N3O4S. The first kappa shape index (κ1) is 15.3. The summed E-state index contributed by atoms with van der Waals surface area (Å²) < 4.78 is 1.07. The molecule has 0 spiro atoms. The quantitative estimate of drug-likeness (QED) is 0.633. The summed E-state index contributed by atoms with van der Waals surface area (Å²) in [7, 11) is 0. The summed E-state index contributed by atoms with van der Waals surface area (Å²) >= 11 is 1.67. The Morgan fingerprint density at radius 2 is 2.04 bits per heavy atom. The Kier molecular flexibility index (Phi) is 4.16. The minimum atomic E-state index is -0.590. The van der Waals surface area contributed by atoms with Gasteiger partial charge >= 0.3 is 0 Å². The van der Waals surface area contributed by atoms with E-state index in [1.54, 1.807) is 16.7 Å². The van der Waals surface area contributed by atoms with Crippen LogP contribution in [-0.2, 0) is 11.3 Å². The van der Waals surface area contributed by atoms with Crippen molar-refractivity contribution in [2.75, 3.05) is 17.2 Å². The van der Waals surface area contributed by atoms with E-state index in [0.717, 1.165) is 39.2 Å². The molecule has 0 unspecified atom stereocenters. The van der Waals surface area contributed by atoms with Gasteiger partial charge in [0.2, 0.25) is 5.91 Å². The van der Waals surface area contributed by atoms with Crippen LogP contribution in [0.3, 0.4) is 0 Å². The van der Waals surface area contributed by atoms with Gasteiger partial charge in [-0.15, -0.1) is 11.8 Å². The molecule has 0 atom stereocenters. The summed E-state index contributed by atoms with van der Waals surface area (Å²) in [5, 5.41) is 10.8. The number of hydrogen-bond acceptors (Lipinski definition) is 5. The largest absolute Gasteiger partial charge is 0.309 e. The smallest absolute Gasteiger partial charge is 0.285 e. The number of hydrogen-bond donors (Lipinski definition) is 0. The number of nitrogens with zero attached hydrogens (tertiary/aromatic N) is 3. The van der Waals surface area contributed by atoms with Gasteiger partial charge in [0.05, 0.1) is 16.8 Å². The van der Waals surface area contributed by atoms with E-state index in [9.17, 15) is 19.7 Å². The molecule has 2 heterocycles. The van der Waals surface area contributed by atoms with Crippen molar-refractivity contribution in [2.24, 2.45) is 0 Å². The van der Waals surface area contributed by atoms with E-state index >= 15 is 0 Å². The van der Waals surface area contributed by atoms with Crippen molar-refractivity contribution >= 4 is 29.0 Å². The van der Waals surface area contributed by atoms with Crippen molar-refractivity contribution < 1.29 is 9.72 Å². The van der Waals surface area contributed by atoms with E-state index in [-0.39, 0.29) is 18.1 Å². The number of carbonyl (C=O) groups excluding carboxylic acids is 1. The lowest BCUT2D eigenvalue weighted by Gasteiger charge is -2.29. The number of carbonyl (C=O) groups is 1. The molecule has 3 rings (SSSR count). The Morgan fingerprint density at radius 3 is 2.83 bits per heavy atom. The zero-order valence-corrected chi connectivity index (χ0v) is 12.9. The first-order valence-electron chi connectivity index (χ1n) is 6.93. The van der Waals surface area contributed by atoms with E-state index in [1.165, 1.54) is 0 Å². The predicted octanol–water partition coefficient (Wildman–Crippen LogP) is 1.90. The van der Waals surface area contributed by atoms with Gasteiger partial charge in [0.15, 0.2) is 0 Å². The average molecular weight is 331 g/mol. The van der Waals surface area contributed by atoms with Gasteiger partial charge in [0, 0.05) is 29.3 Å². The van der Waals surface area contributed by atoms with Crippen LogP contribution in [0.15, 0.2) is 52.3 Å². The third kappa shape index (κ3) is 3.11. The van der Waals surface area contributed by atoms with Crippen molar-refractivity contribution in [1.82, 2.24) is 4.57 Å². The minimum Gasteiger partial charge on any atom is -0.309 e. The maximum absolute atomic E-state index is 12.6. The van der Waals surface area contributed by atoms with E-state index < -0.39 is 10.5 Å². The highest BCUT2D eigenvalue weighted by molar-refractivity contribution is 7.99. The highest BCUT2D eigenvalue weighted by atomic mass is 32.2. The minimum absolute atomic E-state index is 0.216. The number of nitro groups is 1. The summed E-state index contributed by atoms with van der Waals surface area (Å²) in [6.07, 6.45) is 1.10. The van der Waals surface area contributed by atoms with Crippen molar-refractivity contribution in [1.29, 1.82) is 0 Å². The van der Waals surface area contributed by atoms with E-state index in [4.69, 9.17) is 0 Å². The first-order valence-corrected chi connectivity index (χ1v) is 7.92. The van der Waals surface area contributed by atoms with Gasteiger partial charge in [-0.1, -0.05) is 12.1 Å². The number of amides is 1. The molecule has 8 heteroatoms. The van der Waals surface area contributed by atoms with Crippen molar-refractivity contribution in [2.45, 2.75) is 11.4 Å². The molecule has 1 aromatic carbocycles. The molecule has 0 N–H and O–H groups in total. The molecule has 0 fully saturated rings. The number of aromatic nitrogens is 1. The average Bonchev–Trinajstić information content (AvgIpc) is 2.56. The second-order valence-corrected chi connectivity index (χ2v) is 6.11. The molecule has 1 amide bonds. The van der Waals surface area contributed by atoms with Crippen LogP contribution in [0.1, 0.15) is 0 Å². The maximum atomic E-state index is 12.6. The van der Waals surface area contributed by atoms with Gasteiger partial charge < -0.3 is 4.90 Å². The lowest BCUT2D eigenvalue weighted by Crippen LogP contribution is -2.39. The zero-order chi connectivity index (χ0) is 16.4. The fourth-order valence-corrected chi connectivity index (χ4v) is 3.40. The molecular weight excluding hydrogens is 318 g/mol. The molecule has 2 aromatic rings. The van der Waals surface area contributed by atoms with Gasteiger partial charge in [0.25, 0.3) is 11.2 Å². The summed E-state index contributed by atoms with van der Waals surface area (Å²) in [4.78, 5) is 37.2. The van der Waals surface area contributed by atoms with Gasteiger partial charge in [-0.3, -0.25) is 24.3 Å². The number of anilines is 1. The molecule has 23 heavy (non-hydrogen) atoms. The Hall–Kier alpha value is -2.61. The molecule has 0 radical (unpaired) electrons. The monoisotopic (exact) mass is 331 g/mol. The third-order valence-corrected chi connectivity index (χ3v) is 4.56.